The molecule has 0 spiro atoms. The molecule has 2 N–H and O–H groups in total. The molecule has 1 unspecified atom stereocenters. The van der Waals surface area contributed by atoms with Crippen LogP contribution in [0.3, 0.4) is 0 Å². The van der Waals surface area contributed by atoms with Crippen LogP contribution in [0.2, 0.25) is 5.02 Å². The number of rotatable bonds is 11. The van der Waals surface area contributed by atoms with E-state index in [-0.39, 0.29) is 6.10 Å². The van der Waals surface area contributed by atoms with Crippen LogP contribution in [-0.4, -0.2) is 71.0 Å². The van der Waals surface area contributed by atoms with E-state index in [1.165, 1.54) is 0 Å². The molecular formula is C18H31ClN4O2. The quantitative estimate of drug-likeness (QED) is 0.355. The highest BCUT2D eigenvalue weighted by Gasteiger charge is 2.06. The van der Waals surface area contributed by atoms with Crippen LogP contribution in [0.5, 0.6) is 5.75 Å². The topological polar surface area (TPSA) is 58.1 Å². The van der Waals surface area contributed by atoms with E-state index in [1.54, 1.807) is 14.2 Å². The average molecular weight is 371 g/mol. The molecule has 6 nitrogen and oxygen atoms in total. The molecule has 0 amide bonds. The standard InChI is InChI=1S/C18H31ClN4O2/c1-15(25-17-8-6-16(19)7-9-17)14-22-18(20-2)21-10-5-11-23(3)12-13-24-4/h6-9,15H,5,10-14H2,1-4H3,(H2,20,21,22). The average Bonchev–Trinajstić information content (AvgIpc) is 2.61. The van der Waals surface area contributed by atoms with Gasteiger partial charge in [-0.05, 0) is 51.2 Å². The molecule has 1 rings (SSSR count). The van der Waals surface area contributed by atoms with Crippen LogP contribution in [0.15, 0.2) is 29.3 Å². The van der Waals surface area contributed by atoms with Crippen LogP contribution >= 0.6 is 11.6 Å². The van der Waals surface area contributed by atoms with E-state index in [1.807, 2.05) is 31.2 Å². The lowest BCUT2D eigenvalue weighted by molar-refractivity contribution is 0.161. The van der Waals surface area contributed by atoms with Gasteiger partial charge >= 0.3 is 0 Å². The number of halogens is 1. The van der Waals surface area contributed by atoms with Gasteiger partial charge in [-0.1, -0.05) is 11.6 Å². The highest BCUT2D eigenvalue weighted by atomic mass is 35.5. The van der Waals surface area contributed by atoms with E-state index in [0.29, 0.717) is 11.6 Å². The van der Waals surface area contributed by atoms with Crippen LogP contribution in [-0.2, 0) is 4.74 Å². The predicted octanol–water partition coefficient (Wildman–Crippen LogP) is 2.24. The number of methoxy groups -OCH3 is 1. The Morgan fingerprint density at radius 1 is 1.24 bits per heavy atom. The van der Waals surface area contributed by atoms with Gasteiger partial charge in [0.1, 0.15) is 11.9 Å². The molecule has 0 aromatic heterocycles. The fourth-order valence-electron chi connectivity index (χ4n) is 2.16. The first kappa shape index (κ1) is 21.5. The van der Waals surface area contributed by atoms with Crippen LogP contribution in [0.1, 0.15) is 13.3 Å². The van der Waals surface area contributed by atoms with E-state index in [9.17, 15) is 0 Å². The van der Waals surface area contributed by atoms with Gasteiger partial charge in [0.05, 0.1) is 13.2 Å². The van der Waals surface area contributed by atoms with Gasteiger partial charge in [0.25, 0.3) is 0 Å². The molecular weight excluding hydrogens is 340 g/mol. The zero-order valence-corrected chi connectivity index (χ0v) is 16.5. The third-order valence-electron chi connectivity index (χ3n) is 3.62. The third kappa shape index (κ3) is 10.2. The molecule has 1 atom stereocenters. The smallest absolute Gasteiger partial charge is 0.191 e. The molecule has 0 fully saturated rings. The van der Waals surface area contributed by atoms with Gasteiger partial charge in [-0.2, -0.15) is 0 Å². The van der Waals surface area contributed by atoms with Crippen molar-refractivity contribution in [3.63, 3.8) is 0 Å². The summed E-state index contributed by atoms with van der Waals surface area (Å²) in [6.45, 7) is 6.27. The molecule has 0 heterocycles. The lowest BCUT2D eigenvalue weighted by Crippen LogP contribution is -2.42. The van der Waals surface area contributed by atoms with E-state index >= 15 is 0 Å². The second kappa shape index (κ2) is 12.8. The Morgan fingerprint density at radius 3 is 2.60 bits per heavy atom. The van der Waals surface area contributed by atoms with Crippen molar-refractivity contribution in [3.8, 4) is 5.75 Å². The van der Waals surface area contributed by atoms with Crippen LogP contribution in [0.4, 0.5) is 0 Å². The van der Waals surface area contributed by atoms with Gasteiger partial charge in [-0.25, -0.2) is 0 Å². The number of aliphatic imine (C=N–C) groups is 1. The number of hydrogen-bond acceptors (Lipinski definition) is 4. The minimum Gasteiger partial charge on any atom is -0.489 e. The van der Waals surface area contributed by atoms with Gasteiger partial charge in [0.15, 0.2) is 5.96 Å². The first-order valence-corrected chi connectivity index (χ1v) is 8.97. The van der Waals surface area contributed by atoms with Crippen LogP contribution in [0, 0.1) is 0 Å². The number of nitrogens with zero attached hydrogens (tertiary/aromatic N) is 2. The van der Waals surface area contributed by atoms with Gasteiger partial charge in [-0.3, -0.25) is 4.99 Å². The van der Waals surface area contributed by atoms with Crippen molar-refractivity contribution in [1.29, 1.82) is 0 Å². The Morgan fingerprint density at radius 2 is 1.96 bits per heavy atom. The summed E-state index contributed by atoms with van der Waals surface area (Å²) in [6.07, 6.45) is 1.05. The summed E-state index contributed by atoms with van der Waals surface area (Å²) in [5.41, 5.74) is 0. The maximum absolute atomic E-state index is 5.87. The molecule has 0 aliphatic rings. The molecule has 25 heavy (non-hydrogen) atoms. The summed E-state index contributed by atoms with van der Waals surface area (Å²) < 4.78 is 10.9. The second-order valence-corrected chi connectivity index (χ2v) is 6.35. The van der Waals surface area contributed by atoms with Crippen LogP contribution in [0.25, 0.3) is 0 Å². The lowest BCUT2D eigenvalue weighted by Gasteiger charge is -2.19. The van der Waals surface area contributed by atoms with Crippen molar-refractivity contribution in [2.45, 2.75) is 19.4 Å². The Balaban J connectivity index is 2.19. The third-order valence-corrected chi connectivity index (χ3v) is 3.87. The molecule has 142 valence electrons. The van der Waals surface area contributed by atoms with Gasteiger partial charge < -0.3 is 25.0 Å². The molecule has 0 aliphatic carbocycles. The maximum atomic E-state index is 5.87. The van der Waals surface area contributed by atoms with Crippen molar-refractivity contribution < 1.29 is 9.47 Å². The molecule has 0 bridgehead atoms. The normalized spacial score (nSPS) is 13.0. The predicted molar refractivity (Wildman–Crippen MR) is 105 cm³/mol. The zero-order chi connectivity index (χ0) is 18.5. The van der Waals surface area contributed by atoms with E-state index in [0.717, 1.165) is 44.4 Å². The number of ether oxygens (including phenoxy) is 2. The Bertz CT molecular complexity index is 496. The monoisotopic (exact) mass is 370 g/mol. The minimum absolute atomic E-state index is 0.0138. The molecule has 1 aromatic carbocycles. The number of likely N-dealkylation sites (N-methyl/N-ethyl adjacent to an activating group) is 1. The first-order valence-electron chi connectivity index (χ1n) is 8.59. The molecule has 0 aliphatic heterocycles. The number of benzene rings is 1. The summed E-state index contributed by atoms with van der Waals surface area (Å²) in [5, 5.41) is 7.30. The molecule has 0 radical (unpaired) electrons. The molecule has 0 saturated heterocycles. The summed E-state index contributed by atoms with van der Waals surface area (Å²) >= 11 is 5.87. The van der Waals surface area contributed by atoms with E-state index in [4.69, 9.17) is 21.1 Å². The maximum Gasteiger partial charge on any atom is 0.191 e. The summed E-state index contributed by atoms with van der Waals surface area (Å²) in [5.74, 6) is 1.59. The second-order valence-electron chi connectivity index (χ2n) is 5.91. The summed E-state index contributed by atoms with van der Waals surface area (Å²) in [7, 11) is 5.59. The fourth-order valence-corrected chi connectivity index (χ4v) is 2.29. The van der Waals surface area contributed by atoms with Gasteiger partial charge in [-0.15, -0.1) is 0 Å². The number of guanidine groups is 1. The van der Waals surface area contributed by atoms with Crippen molar-refractivity contribution in [2.75, 3.05) is 54.0 Å². The van der Waals surface area contributed by atoms with E-state index < -0.39 is 0 Å². The SMILES string of the molecule is CN=C(NCCCN(C)CCOC)NCC(C)Oc1ccc(Cl)cc1. The fraction of sp³-hybridized carbons (Fsp3) is 0.611. The number of nitrogens with one attached hydrogen (secondary N) is 2. The first-order chi connectivity index (χ1) is 12.0. The minimum atomic E-state index is 0.0138. The van der Waals surface area contributed by atoms with Crippen LogP contribution < -0.4 is 15.4 Å². The van der Waals surface area contributed by atoms with Crippen molar-refractivity contribution in [1.82, 2.24) is 15.5 Å². The van der Waals surface area contributed by atoms with Crippen molar-refractivity contribution in [3.05, 3.63) is 29.3 Å². The number of hydrogen-bond donors (Lipinski definition) is 2. The molecule has 1 aromatic rings. The largest absolute Gasteiger partial charge is 0.489 e. The van der Waals surface area contributed by atoms with Gasteiger partial charge in [0, 0.05) is 32.3 Å². The summed E-state index contributed by atoms with van der Waals surface area (Å²) in [4.78, 5) is 6.49. The Kier molecular flexibility index (Phi) is 11.0. The van der Waals surface area contributed by atoms with Crippen molar-refractivity contribution >= 4 is 17.6 Å². The Hall–Kier alpha value is -1.50. The highest BCUT2D eigenvalue weighted by Crippen LogP contribution is 2.16. The zero-order valence-electron chi connectivity index (χ0n) is 15.7. The van der Waals surface area contributed by atoms with Gasteiger partial charge in [0.2, 0.25) is 0 Å². The molecule has 0 saturated carbocycles. The highest BCUT2D eigenvalue weighted by molar-refractivity contribution is 6.30. The van der Waals surface area contributed by atoms with Crippen molar-refractivity contribution in [2.24, 2.45) is 4.99 Å². The van der Waals surface area contributed by atoms with E-state index in [2.05, 4.69) is 27.6 Å². The molecule has 7 heteroatoms. The Labute approximate surface area is 156 Å². The summed E-state index contributed by atoms with van der Waals surface area (Å²) in [6, 6.07) is 7.38. The lowest BCUT2D eigenvalue weighted by atomic mass is 10.3.